The van der Waals surface area contributed by atoms with Gasteiger partial charge in [0.2, 0.25) is 5.91 Å². The summed E-state index contributed by atoms with van der Waals surface area (Å²) in [6, 6.07) is 4.73. The van der Waals surface area contributed by atoms with Crippen LogP contribution in [0.4, 0.5) is 4.39 Å². The first-order valence-electron chi connectivity index (χ1n) is 13.7. The van der Waals surface area contributed by atoms with E-state index in [-0.39, 0.29) is 18.6 Å². The molecule has 2 aliphatic rings. The number of pyridine rings is 2. The molecule has 4 aromatic heterocycles. The second-order valence-electron chi connectivity index (χ2n) is 10.4. The van der Waals surface area contributed by atoms with E-state index in [1.54, 1.807) is 15.6 Å². The fourth-order valence-corrected chi connectivity index (χ4v) is 5.14. The van der Waals surface area contributed by atoms with Crippen LogP contribution in [0, 0.1) is 30.5 Å². The number of hydrogen-bond acceptors (Lipinski definition) is 7. The van der Waals surface area contributed by atoms with Crippen molar-refractivity contribution in [1.29, 1.82) is 0 Å². The summed E-state index contributed by atoms with van der Waals surface area (Å²) in [6.45, 7) is 6.45. The Hall–Kier alpha value is -4.56. The van der Waals surface area contributed by atoms with Crippen molar-refractivity contribution in [1.82, 2.24) is 34.5 Å². The Kier molecular flexibility index (Phi) is 7.24. The predicted molar refractivity (Wildman–Crippen MR) is 148 cm³/mol. The molecule has 1 aliphatic carbocycles. The molecule has 1 atom stereocenters. The van der Waals surface area contributed by atoms with Gasteiger partial charge in [-0.15, -0.1) is 5.10 Å². The van der Waals surface area contributed by atoms with Gasteiger partial charge < -0.3 is 14.7 Å². The van der Waals surface area contributed by atoms with Gasteiger partial charge in [-0.2, -0.15) is 5.10 Å². The molecule has 2 fully saturated rings. The highest BCUT2D eigenvalue weighted by Gasteiger charge is 2.27. The third-order valence-electron chi connectivity index (χ3n) is 7.58. The number of aliphatic hydroxyl groups is 1. The van der Waals surface area contributed by atoms with Crippen LogP contribution >= 0.6 is 0 Å². The predicted octanol–water partition coefficient (Wildman–Crippen LogP) is 3.66. The molecule has 1 amide bonds. The third kappa shape index (κ3) is 5.43. The minimum absolute atomic E-state index is 0.0577. The lowest BCUT2D eigenvalue weighted by Gasteiger charge is -2.31. The van der Waals surface area contributed by atoms with Gasteiger partial charge in [0.05, 0.1) is 42.0 Å². The largest absolute Gasteiger partial charge is 0.479 e. The van der Waals surface area contributed by atoms with Crippen LogP contribution in [0.5, 0.6) is 5.75 Å². The SMILES string of the molecule is C=CC(=O)N1CCC(n2nnc(-c3cc(OC(CO)c4ccc(F)cn4)c4c(C#CC5CC5)cnn4c3)c2C)CC1. The summed E-state index contributed by atoms with van der Waals surface area (Å²) in [7, 11) is 0. The third-order valence-corrected chi connectivity index (χ3v) is 7.58. The number of carbonyl (C=O) groups is 1. The monoisotopic (exact) mass is 555 g/mol. The zero-order valence-electron chi connectivity index (χ0n) is 22.7. The van der Waals surface area contributed by atoms with Crippen LogP contribution in [0.2, 0.25) is 0 Å². The first kappa shape index (κ1) is 26.7. The second-order valence-corrected chi connectivity index (χ2v) is 10.4. The Labute approximate surface area is 236 Å². The van der Waals surface area contributed by atoms with Gasteiger partial charge in [0.1, 0.15) is 22.8 Å². The first-order chi connectivity index (χ1) is 19.9. The molecule has 1 unspecified atom stereocenters. The van der Waals surface area contributed by atoms with Crippen molar-refractivity contribution in [2.45, 2.75) is 44.8 Å². The van der Waals surface area contributed by atoms with Gasteiger partial charge in [0.15, 0.2) is 6.10 Å². The van der Waals surface area contributed by atoms with Crippen molar-refractivity contribution >= 4 is 11.4 Å². The maximum absolute atomic E-state index is 13.5. The number of halogens is 1. The van der Waals surface area contributed by atoms with E-state index >= 15 is 0 Å². The van der Waals surface area contributed by atoms with Crippen molar-refractivity contribution in [3.05, 3.63) is 72.2 Å². The molecule has 0 radical (unpaired) electrons. The molecule has 1 saturated carbocycles. The minimum atomic E-state index is -0.839. The lowest BCUT2D eigenvalue weighted by atomic mass is 10.0. The van der Waals surface area contributed by atoms with Crippen LogP contribution in [0.25, 0.3) is 16.8 Å². The maximum Gasteiger partial charge on any atom is 0.245 e. The van der Waals surface area contributed by atoms with Crippen LogP contribution in [0.1, 0.15) is 54.8 Å². The van der Waals surface area contributed by atoms with E-state index in [4.69, 9.17) is 4.74 Å². The lowest BCUT2D eigenvalue weighted by molar-refractivity contribution is -0.127. The number of amides is 1. The molecule has 10 nitrogen and oxygen atoms in total. The molecule has 0 aromatic carbocycles. The number of rotatable bonds is 7. The number of fused-ring (bicyclic) bond motifs is 1. The van der Waals surface area contributed by atoms with Crippen molar-refractivity contribution in [2.24, 2.45) is 5.92 Å². The Bertz CT molecular complexity index is 1660. The van der Waals surface area contributed by atoms with Crippen molar-refractivity contribution in [3.63, 3.8) is 0 Å². The molecule has 1 saturated heterocycles. The fraction of sp³-hybridized carbons (Fsp3) is 0.367. The van der Waals surface area contributed by atoms with E-state index in [1.807, 2.05) is 23.9 Å². The number of ether oxygens (including phenoxy) is 1. The molecule has 5 heterocycles. The lowest BCUT2D eigenvalue weighted by Crippen LogP contribution is -2.38. The van der Waals surface area contributed by atoms with Gasteiger partial charge in [-0.3, -0.25) is 9.78 Å². The van der Waals surface area contributed by atoms with Gasteiger partial charge in [0, 0.05) is 30.8 Å². The molecule has 6 rings (SSSR count). The van der Waals surface area contributed by atoms with E-state index < -0.39 is 11.9 Å². The number of aliphatic hydroxyl groups excluding tert-OH is 1. The molecular formula is C30H30FN7O3. The van der Waals surface area contributed by atoms with Gasteiger partial charge in [-0.25, -0.2) is 13.6 Å². The molecule has 210 valence electrons. The number of piperidine rings is 1. The summed E-state index contributed by atoms with van der Waals surface area (Å²) < 4.78 is 23.5. The topological polar surface area (TPSA) is 111 Å². The normalized spacial score (nSPS) is 16.3. The maximum atomic E-state index is 13.5. The smallest absolute Gasteiger partial charge is 0.245 e. The zero-order valence-corrected chi connectivity index (χ0v) is 22.7. The standard InChI is InChI=1S/C30H30FN7O3/c1-3-28(40)36-12-10-24(11-13-36)38-19(2)29(34-35-38)22-14-26(41-27(18-39)25-9-8-23(31)16-32-25)30-21(7-6-20-4-5-20)15-33-37(30)17-22/h3,8-9,14-17,20,24,27,39H,1,4-5,10-13,18H2,2H3. The molecule has 1 N–H and O–H groups in total. The van der Waals surface area contributed by atoms with E-state index in [0.717, 1.165) is 43.1 Å². The van der Waals surface area contributed by atoms with E-state index in [2.05, 4.69) is 38.8 Å². The zero-order chi connectivity index (χ0) is 28.5. The Morgan fingerprint density at radius 2 is 2.07 bits per heavy atom. The quantitative estimate of drug-likeness (QED) is 0.274. The van der Waals surface area contributed by atoms with Crippen LogP contribution in [-0.4, -0.2) is 65.2 Å². The van der Waals surface area contributed by atoms with E-state index in [0.29, 0.717) is 47.2 Å². The van der Waals surface area contributed by atoms with Crippen molar-refractivity contribution in [3.8, 4) is 28.8 Å². The molecule has 0 bridgehead atoms. The molecule has 1 aliphatic heterocycles. The Morgan fingerprint density at radius 3 is 2.76 bits per heavy atom. The van der Waals surface area contributed by atoms with Crippen LogP contribution in [0.3, 0.4) is 0 Å². The van der Waals surface area contributed by atoms with E-state index in [9.17, 15) is 14.3 Å². The Balaban J connectivity index is 1.36. The van der Waals surface area contributed by atoms with Crippen molar-refractivity contribution in [2.75, 3.05) is 19.7 Å². The highest BCUT2D eigenvalue weighted by Crippen LogP contribution is 2.35. The van der Waals surface area contributed by atoms with Gasteiger partial charge >= 0.3 is 0 Å². The summed E-state index contributed by atoms with van der Waals surface area (Å²) in [4.78, 5) is 17.9. The van der Waals surface area contributed by atoms with Gasteiger partial charge in [-0.05, 0) is 56.9 Å². The van der Waals surface area contributed by atoms with Crippen LogP contribution in [-0.2, 0) is 4.79 Å². The minimum Gasteiger partial charge on any atom is -0.479 e. The van der Waals surface area contributed by atoms with Gasteiger partial charge in [0.25, 0.3) is 0 Å². The average molecular weight is 556 g/mol. The number of nitrogens with zero attached hydrogens (tertiary/aromatic N) is 7. The van der Waals surface area contributed by atoms with Crippen LogP contribution < -0.4 is 4.74 Å². The highest BCUT2D eigenvalue weighted by molar-refractivity contribution is 5.87. The average Bonchev–Trinajstić information content (AvgIpc) is 3.62. The molecule has 4 aromatic rings. The number of carbonyl (C=O) groups excluding carboxylic acids is 1. The number of likely N-dealkylation sites (tertiary alicyclic amines) is 1. The second kappa shape index (κ2) is 11.1. The van der Waals surface area contributed by atoms with Crippen LogP contribution in [0.15, 0.2) is 49.4 Å². The summed E-state index contributed by atoms with van der Waals surface area (Å²) in [5, 5.41) is 23.7. The van der Waals surface area contributed by atoms with Crippen molar-refractivity contribution < 1.29 is 19.0 Å². The molecular weight excluding hydrogens is 525 g/mol. The van der Waals surface area contributed by atoms with E-state index in [1.165, 1.54) is 18.2 Å². The first-order valence-corrected chi connectivity index (χ1v) is 13.7. The van der Waals surface area contributed by atoms with Gasteiger partial charge in [-0.1, -0.05) is 23.6 Å². The summed E-state index contributed by atoms with van der Waals surface area (Å²) >= 11 is 0. The molecule has 41 heavy (non-hydrogen) atoms. The summed E-state index contributed by atoms with van der Waals surface area (Å²) in [5.74, 6) is 6.82. The Morgan fingerprint density at radius 1 is 1.27 bits per heavy atom. The number of aromatic nitrogens is 6. The fourth-order valence-electron chi connectivity index (χ4n) is 5.14. The highest BCUT2D eigenvalue weighted by atomic mass is 19.1. The molecule has 11 heteroatoms. The summed E-state index contributed by atoms with van der Waals surface area (Å²) in [5.41, 5.74) is 4.04. The number of hydrogen-bond donors (Lipinski definition) is 1. The molecule has 0 spiro atoms. The summed E-state index contributed by atoms with van der Waals surface area (Å²) in [6.07, 6.45) is 8.90.